The molecule has 2 aliphatic rings. The first kappa shape index (κ1) is 17.2. The van der Waals surface area contributed by atoms with E-state index in [2.05, 4.69) is 25.4 Å². The van der Waals surface area contributed by atoms with Gasteiger partial charge in [0.1, 0.15) is 5.84 Å². The largest absolute Gasteiger partial charge is 0.387 e. The molecule has 0 saturated heterocycles. The molecule has 6 rings (SSSR count). The van der Waals surface area contributed by atoms with Crippen LogP contribution in [0.1, 0.15) is 35.8 Å². The average molecular weight is 406 g/mol. The molecule has 3 aromatic heterocycles. The van der Waals surface area contributed by atoms with Gasteiger partial charge < -0.3 is 5.73 Å². The lowest BCUT2D eigenvalue weighted by atomic mass is 10.0. The summed E-state index contributed by atoms with van der Waals surface area (Å²) in [6.45, 7) is 0. The Kier molecular flexibility index (Phi) is 3.39. The van der Waals surface area contributed by atoms with E-state index in [0.29, 0.717) is 35.2 Å². The second kappa shape index (κ2) is 5.91. The normalized spacial score (nSPS) is 16.1. The highest BCUT2D eigenvalue weighted by Gasteiger charge is 2.40. The van der Waals surface area contributed by atoms with E-state index < -0.39 is 11.7 Å². The van der Waals surface area contributed by atoms with Crippen molar-refractivity contribution in [2.24, 2.45) is 10.7 Å². The number of halogens is 2. The van der Waals surface area contributed by atoms with Gasteiger partial charge in [0.05, 0.1) is 23.6 Å². The molecule has 0 spiro atoms. The standard InChI is InChI=1S/C20H16F2N8/c21-20(22,13-1-4-15-11(7-13)8-17(23)25-15)19-27-26-18-6-5-16(28-30(18)19)12-9-24-29(10-12)14-2-3-14/h1,4-7,9-10,14H,2-3,8H2,(H2,23,25). The average Bonchev–Trinajstić information content (AvgIpc) is 3.15. The van der Waals surface area contributed by atoms with E-state index in [9.17, 15) is 0 Å². The van der Waals surface area contributed by atoms with Gasteiger partial charge in [-0.05, 0) is 42.7 Å². The van der Waals surface area contributed by atoms with Crippen LogP contribution < -0.4 is 5.73 Å². The van der Waals surface area contributed by atoms with Crippen molar-refractivity contribution in [3.8, 4) is 11.3 Å². The number of hydrogen-bond donors (Lipinski definition) is 1. The van der Waals surface area contributed by atoms with Gasteiger partial charge in [-0.1, -0.05) is 6.07 Å². The predicted molar refractivity (Wildman–Crippen MR) is 105 cm³/mol. The van der Waals surface area contributed by atoms with E-state index in [1.807, 2.05) is 10.9 Å². The second-order valence-electron chi connectivity index (χ2n) is 7.65. The summed E-state index contributed by atoms with van der Waals surface area (Å²) in [5.41, 5.74) is 8.35. The molecule has 8 nitrogen and oxygen atoms in total. The number of aliphatic imine (C=N–C) groups is 1. The molecule has 1 aromatic carbocycles. The zero-order valence-electron chi connectivity index (χ0n) is 15.7. The maximum Gasteiger partial charge on any atom is 0.333 e. The van der Waals surface area contributed by atoms with E-state index >= 15 is 8.78 Å². The highest BCUT2D eigenvalue weighted by Crippen LogP contribution is 2.38. The zero-order valence-corrected chi connectivity index (χ0v) is 15.7. The van der Waals surface area contributed by atoms with Gasteiger partial charge in [-0.25, -0.2) is 4.99 Å². The highest BCUT2D eigenvalue weighted by atomic mass is 19.3. The highest BCUT2D eigenvalue weighted by molar-refractivity contribution is 5.91. The van der Waals surface area contributed by atoms with E-state index in [0.717, 1.165) is 22.9 Å². The number of benzene rings is 1. The molecule has 150 valence electrons. The molecule has 0 atom stereocenters. The van der Waals surface area contributed by atoms with Crippen molar-refractivity contribution >= 4 is 17.2 Å². The van der Waals surface area contributed by atoms with Crippen molar-refractivity contribution in [2.45, 2.75) is 31.2 Å². The van der Waals surface area contributed by atoms with Crippen molar-refractivity contribution in [3.63, 3.8) is 0 Å². The second-order valence-corrected chi connectivity index (χ2v) is 7.65. The molecule has 2 N–H and O–H groups in total. The molecule has 4 heterocycles. The molecule has 0 unspecified atom stereocenters. The summed E-state index contributed by atoms with van der Waals surface area (Å²) < 4.78 is 33.8. The van der Waals surface area contributed by atoms with E-state index in [4.69, 9.17) is 5.73 Å². The smallest absolute Gasteiger partial charge is 0.333 e. The zero-order chi connectivity index (χ0) is 20.5. The third-order valence-corrected chi connectivity index (χ3v) is 5.44. The number of nitrogens with zero attached hydrogens (tertiary/aromatic N) is 7. The van der Waals surface area contributed by atoms with Crippen LogP contribution in [0.15, 0.2) is 47.7 Å². The van der Waals surface area contributed by atoms with Crippen LogP contribution in [0.5, 0.6) is 0 Å². The number of aromatic nitrogens is 6. The van der Waals surface area contributed by atoms with Crippen LogP contribution in [0.3, 0.4) is 0 Å². The van der Waals surface area contributed by atoms with Crippen LogP contribution in [0.4, 0.5) is 14.5 Å². The number of alkyl halides is 2. The first-order chi connectivity index (χ1) is 14.5. The Morgan fingerprint density at radius 3 is 2.80 bits per heavy atom. The van der Waals surface area contributed by atoms with E-state index in [1.165, 1.54) is 12.1 Å². The fourth-order valence-corrected chi connectivity index (χ4v) is 3.70. The fraction of sp³-hybridized carbons (Fsp3) is 0.250. The number of nitrogens with two attached hydrogens (primary N) is 1. The lowest BCUT2D eigenvalue weighted by molar-refractivity contribution is 0.0306. The van der Waals surface area contributed by atoms with Gasteiger partial charge in [0.25, 0.3) is 0 Å². The topological polar surface area (TPSA) is 99.3 Å². The van der Waals surface area contributed by atoms with Crippen molar-refractivity contribution in [1.29, 1.82) is 0 Å². The minimum atomic E-state index is -3.39. The molecule has 0 bridgehead atoms. The van der Waals surface area contributed by atoms with Crippen LogP contribution in [-0.4, -0.2) is 35.4 Å². The summed E-state index contributed by atoms with van der Waals surface area (Å²) in [4.78, 5) is 4.15. The maximum absolute atomic E-state index is 15.4. The van der Waals surface area contributed by atoms with Crippen molar-refractivity contribution in [3.05, 3.63) is 59.7 Å². The van der Waals surface area contributed by atoms with E-state index in [1.54, 1.807) is 24.4 Å². The minimum Gasteiger partial charge on any atom is -0.387 e. The van der Waals surface area contributed by atoms with Gasteiger partial charge in [0.2, 0.25) is 5.82 Å². The number of rotatable bonds is 4. The molecular weight excluding hydrogens is 390 g/mol. The summed E-state index contributed by atoms with van der Waals surface area (Å²) in [7, 11) is 0. The summed E-state index contributed by atoms with van der Waals surface area (Å²) in [6.07, 6.45) is 6.14. The molecule has 0 radical (unpaired) electrons. The predicted octanol–water partition coefficient (Wildman–Crippen LogP) is 3.01. The van der Waals surface area contributed by atoms with Gasteiger partial charge in [-0.3, -0.25) is 4.68 Å². The number of amidine groups is 1. The Morgan fingerprint density at radius 2 is 1.97 bits per heavy atom. The summed E-state index contributed by atoms with van der Waals surface area (Å²) in [5.74, 6) is -3.52. The van der Waals surface area contributed by atoms with Crippen LogP contribution in [0, 0.1) is 0 Å². The first-order valence-electron chi connectivity index (χ1n) is 9.61. The monoisotopic (exact) mass is 406 g/mol. The van der Waals surface area contributed by atoms with Crippen LogP contribution >= 0.6 is 0 Å². The molecule has 1 aliphatic carbocycles. The first-order valence-corrected chi connectivity index (χ1v) is 9.61. The Hall–Kier alpha value is -3.69. The molecule has 10 heteroatoms. The Bertz CT molecular complexity index is 1330. The lowest BCUT2D eigenvalue weighted by Gasteiger charge is -2.15. The van der Waals surface area contributed by atoms with E-state index in [-0.39, 0.29) is 11.2 Å². The van der Waals surface area contributed by atoms with Gasteiger partial charge in [0.15, 0.2) is 5.65 Å². The number of hydrogen-bond acceptors (Lipinski definition) is 6. The summed E-state index contributed by atoms with van der Waals surface area (Å²) in [5, 5.41) is 16.4. The van der Waals surface area contributed by atoms with Crippen LogP contribution in [0.2, 0.25) is 0 Å². The maximum atomic E-state index is 15.4. The fourth-order valence-electron chi connectivity index (χ4n) is 3.70. The minimum absolute atomic E-state index is 0.200. The van der Waals surface area contributed by atoms with Crippen LogP contribution in [0.25, 0.3) is 16.9 Å². The lowest BCUT2D eigenvalue weighted by Crippen LogP contribution is -2.20. The molecule has 30 heavy (non-hydrogen) atoms. The molecule has 4 aromatic rings. The summed E-state index contributed by atoms with van der Waals surface area (Å²) >= 11 is 0. The number of fused-ring (bicyclic) bond motifs is 2. The van der Waals surface area contributed by atoms with Crippen molar-refractivity contribution < 1.29 is 8.78 Å². The third kappa shape index (κ3) is 2.60. The quantitative estimate of drug-likeness (QED) is 0.562. The molecule has 1 saturated carbocycles. The van der Waals surface area contributed by atoms with Gasteiger partial charge in [-0.15, -0.1) is 10.2 Å². The molecular formula is C20H16F2N8. The summed E-state index contributed by atoms with van der Waals surface area (Å²) in [6, 6.07) is 8.09. The Balaban J connectivity index is 1.42. The van der Waals surface area contributed by atoms with Crippen LogP contribution in [-0.2, 0) is 12.3 Å². The molecule has 1 aliphatic heterocycles. The van der Waals surface area contributed by atoms with Crippen molar-refractivity contribution in [1.82, 2.24) is 29.6 Å². The molecule has 0 amide bonds. The van der Waals surface area contributed by atoms with Gasteiger partial charge >= 0.3 is 5.92 Å². The Labute approximate surface area is 169 Å². The third-order valence-electron chi connectivity index (χ3n) is 5.44. The van der Waals surface area contributed by atoms with Crippen molar-refractivity contribution in [2.75, 3.05) is 0 Å². The van der Waals surface area contributed by atoms with Gasteiger partial charge in [-0.2, -0.15) is 23.5 Å². The van der Waals surface area contributed by atoms with Gasteiger partial charge in [0, 0.05) is 23.7 Å². The Morgan fingerprint density at radius 1 is 1.10 bits per heavy atom. The molecule has 1 fully saturated rings. The SMILES string of the molecule is NC1=Nc2ccc(C(F)(F)c3nnc4ccc(-c5cnn(C6CC6)c5)nn34)cc2C1.